The third-order valence-electron chi connectivity index (χ3n) is 3.76. The van der Waals surface area contributed by atoms with Gasteiger partial charge in [0.2, 0.25) is 0 Å². The molecule has 0 fully saturated rings. The summed E-state index contributed by atoms with van der Waals surface area (Å²) in [7, 11) is 3.19. The summed E-state index contributed by atoms with van der Waals surface area (Å²) >= 11 is 0. The molecule has 1 aromatic heterocycles. The van der Waals surface area contributed by atoms with E-state index in [1.165, 1.54) is 25.5 Å². The van der Waals surface area contributed by atoms with Crippen molar-refractivity contribution < 1.29 is 14.9 Å². The molecule has 0 aliphatic heterocycles. The molecule has 21 heavy (non-hydrogen) atoms. The second kappa shape index (κ2) is 5.50. The Bertz CT molecular complexity index is 713. The third-order valence-corrected chi connectivity index (χ3v) is 3.76. The Hall–Kier alpha value is -1.85. The van der Waals surface area contributed by atoms with Crippen molar-refractivity contribution in [2.75, 3.05) is 7.11 Å². The van der Waals surface area contributed by atoms with Gasteiger partial charge in [-0.2, -0.15) is 0 Å². The fourth-order valence-electron chi connectivity index (χ4n) is 2.39. The maximum absolute atomic E-state index is 12.5. The molecule has 2 N–H and O–H groups in total. The van der Waals surface area contributed by atoms with Gasteiger partial charge in [0, 0.05) is 18.9 Å². The van der Waals surface area contributed by atoms with E-state index >= 15 is 0 Å². The lowest BCUT2D eigenvalue weighted by Gasteiger charge is -2.25. The highest BCUT2D eigenvalue weighted by Gasteiger charge is 2.28. The summed E-state index contributed by atoms with van der Waals surface area (Å²) in [6, 6.07) is 7.43. The lowest BCUT2D eigenvalue weighted by atomic mass is 9.94. The van der Waals surface area contributed by atoms with Gasteiger partial charge in [-0.05, 0) is 26.0 Å². The van der Waals surface area contributed by atoms with Crippen molar-refractivity contribution in [2.45, 2.75) is 32.0 Å². The summed E-state index contributed by atoms with van der Waals surface area (Å²) in [6.07, 6.45) is -1.02. The molecule has 0 spiro atoms. The van der Waals surface area contributed by atoms with Crippen molar-refractivity contribution in [3.05, 3.63) is 40.2 Å². The van der Waals surface area contributed by atoms with Gasteiger partial charge in [0.15, 0.2) is 0 Å². The molecule has 0 saturated heterocycles. The summed E-state index contributed by atoms with van der Waals surface area (Å²) < 4.78 is 6.93. The molecule has 1 unspecified atom stereocenters. The minimum atomic E-state index is -1.29. The summed E-state index contributed by atoms with van der Waals surface area (Å²) in [5.74, 6) is 0.456. The lowest BCUT2D eigenvalue weighted by Crippen LogP contribution is -2.39. The number of methoxy groups -OCH3 is 1. The average molecular weight is 291 g/mol. The number of aryl methyl sites for hydroxylation is 1. The van der Waals surface area contributed by atoms with E-state index in [1.54, 1.807) is 7.05 Å². The van der Waals surface area contributed by atoms with Crippen molar-refractivity contribution in [3.63, 3.8) is 0 Å². The molecule has 2 aromatic rings. The highest BCUT2D eigenvalue weighted by atomic mass is 16.5. The second-order valence-corrected chi connectivity index (χ2v) is 5.77. The molecule has 1 aromatic carbocycles. The van der Waals surface area contributed by atoms with Gasteiger partial charge in [-0.25, -0.2) is 0 Å². The fraction of sp³-hybridized carbons (Fsp3) is 0.438. The van der Waals surface area contributed by atoms with Crippen LogP contribution in [0.25, 0.3) is 10.9 Å². The summed E-state index contributed by atoms with van der Waals surface area (Å²) in [6.45, 7) is 3.02. The van der Waals surface area contributed by atoms with Crippen LogP contribution in [0.5, 0.6) is 5.75 Å². The Morgan fingerprint density at radius 3 is 2.52 bits per heavy atom. The third kappa shape index (κ3) is 2.80. The molecule has 1 atom stereocenters. The molecule has 0 aliphatic carbocycles. The van der Waals surface area contributed by atoms with Crippen molar-refractivity contribution in [1.29, 1.82) is 0 Å². The molecule has 0 radical (unpaired) electrons. The molecule has 0 bridgehead atoms. The van der Waals surface area contributed by atoms with Crippen LogP contribution >= 0.6 is 0 Å². The molecule has 0 aliphatic rings. The standard InChI is InChI=1S/C16H21NO4/c1-16(2,20)13(18)9-11-14(21-4)10-7-5-6-8-12(10)17(3)15(11)19/h5-8,13,18,20H,9H2,1-4H3. The quantitative estimate of drug-likeness (QED) is 0.888. The summed E-state index contributed by atoms with van der Waals surface area (Å²) in [4.78, 5) is 12.5. The number of nitrogens with zero attached hydrogens (tertiary/aromatic N) is 1. The number of aliphatic hydroxyl groups excluding tert-OH is 1. The van der Waals surface area contributed by atoms with Gasteiger partial charge in [-0.15, -0.1) is 0 Å². The first-order chi connectivity index (χ1) is 9.77. The lowest BCUT2D eigenvalue weighted by molar-refractivity contribution is -0.0472. The van der Waals surface area contributed by atoms with Gasteiger partial charge in [0.1, 0.15) is 5.75 Å². The minimum absolute atomic E-state index is 0.0319. The van der Waals surface area contributed by atoms with Crippen molar-refractivity contribution >= 4 is 10.9 Å². The highest BCUT2D eigenvalue weighted by Crippen LogP contribution is 2.28. The number of rotatable bonds is 4. The van der Waals surface area contributed by atoms with Gasteiger partial charge >= 0.3 is 0 Å². The summed E-state index contributed by atoms with van der Waals surface area (Å²) in [5, 5.41) is 20.8. The Morgan fingerprint density at radius 1 is 1.33 bits per heavy atom. The normalized spacial score (nSPS) is 13.4. The van der Waals surface area contributed by atoms with Crippen LogP contribution in [0.15, 0.2) is 29.1 Å². The average Bonchev–Trinajstić information content (AvgIpc) is 2.43. The molecule has 1 heterocycles. The van der Waals surface area contributed by atoms with Gasteiger partial charge in [0.25, 0.3) is 5.56 Å². The molecular formula is C16H21NO4. The topological polar surface area (TPSA) is 71.7 Å². The minimum Gasteiger partial charge on any atom is -0.496 e. The number of aromatic nitrogens is 1. The first-order valence-electron chi connectivity index (χ1n) is 6.82. The summed E-state index contributed by atoms with van der Waals surface area (Å²) in [5.41, 5.74) is -0.384. The van der Waals surface area contributed by atoms with Crippen LogP contribution in [-0.2, 0) is 13.5 Å². The smallest absolute Gasteiger partial charge is 0.257 e. The van der Waals surface area contributed by atoms with Gasteiger partial charge < -0.3 is 19.5 Å². The maximum Gasteiger partial charge on any atom is 0.257 e. The molecular weight excluding hydrogens is 270 g/mol. The number of aliphatic hydroxyl groups is 2. The van der Waals surface area contributed by atoms with E-state index in [4.69, 9.17) is 4.74 Å². The molecule has 114 valence electrons. The highest BCUT2D eigenvalue weighted by molar-refractivity contribution is 5.86. The number of pyridine rings is 1. The first kappa shape index (κ1) is 15.5. The van der Waals surface area contributed by atoms with Crippen LogP contribution in [-0.4, -0.2) is 33.6 Å². The van der Waals surface area contributed by atoms with Crippen molar-refractivity contribution in [1.82, 2.24) is 4.57 Å². The van der Waals surface area contributed by atoms with Gasteiger partial charge in [-0.3, -0.25) is 4.79 Å². The molecule has 0 amide bonds. The number of hydrogen-bond acceptors (Lipinski definition) is 4. The number of hydrogen-bond donors (Lipinski definition) is 2. The van der Waals surface area contributed by atoms with E-state index in [1.807, 2.05) is 24.3 Å². The monoisotopic (exact) mass is 291 g/mol. The fourth-order valence-corrected chi connectivity index (χ4v) is 2.39. The first-order valence-corrected chi connectivity index (χ1v) is 6.82. The molecule has 2 rings (SSSR count). The van der Waals surface area contributed by atoms with Gasteiger partial charge in [0.05, 0.1) is 29.9 Å². The van der Waals surface area contributed by atoms with Crippen LogP contribution in [0.2, 0.25) is 0 Å². The van der Waals surface area contributed by atoms with E-state index in [9.17, 15) is 15.0 Å². The SMILES string of the molecule is COc1c(CC(O)C(C)(C)O)c(=O)n(C)c2ccccc12. The largest absolute Gasteiger partial charge is 0.496 e. The zero-order chi connectivity index (χ0) is 15.8. The van der Waals surface area contributed by atoms with E-state index in [-0.39, 0.29) is 12.0 Å². The predicted molar refractivity (Wildman–Crippen MR) is 81.7 cm³/mol. The Balaban J connectivity index is 2.68. The van der Waals surface area contributed by atoms with E-state index in [0.717, 1.165) is 10.9 Å². The van der Waals surface area contributed by atoms with Crippen LogP contribution < -0.4 is 10.3 Å². The van der Waals surface area contributed by atoms with Crippen LogP contribution in [0.1, 0.15) is 19.4 Å². The number of fused-ring (bicyclic) bond motifs is 1. The molecule has 5 nitrogen and oxygen atoms in total. The van der Waals surface area contributed by atoms with Crippen molar-refractivity contribution in [3.8, 4) is 5.75 Å². The maximum atomic E-state index is 12.5. The van der Waals surface area contributed by atoms with E-state index in [2.05, 4.69) is 0 Å². The van der Waals surface area contributed by atoms with Crippen LogP contribution in [0.4, 0.5) is 0 Å². The Morgan fingerprint density at radius 2 is 1.95 bits per heavy atom. The van der Waals surface area contributed by atoms with Crippen LogP contribution in [0, 0.1) is 0 Å². The zero-order valence-corrected chi connectivity index (χ0v) is 12.8. The number of para-hydroxylation sites is 1. The predicted octanol–water partition coefficient (Wildman–Crippen LogP) is 1.22. The van der Waals surface area contributed by atoms with Crippen molar-refractivity contribution in [2.24, 2.45) is 7.05 Å². The second-order valence-electron chi connectivity index (χ2n) is 5.77. The Labute approximate surface area is 123 Å². The van der Waals surface area contributed by atoms with Crippen LogP contribution in [0.3, 0.4) is 0 Å². The number of benzene rings is 1. The van der Waals surface area contributed by atoms with Gasteiger partial charge in [-0.1, -0.05) is 12.1 Å². The van der Waals surface area contributed by atoms with E-state index in [0.29, 0.717) is 11.3 Å². The number of ether oxygens (including phenoxy) is 1. The molecule has 0 saturated carbocycles. The molecule has 5 heteroatoms. The Kier molecular flexibility index (Phi) is 4.07. The zero-order valence-electron chi connectivity index (χ0n) is 12.8. The van der Waals surface area contributed by atoms with E-state index < -0.39 is 11.7 Å².